The maximum atomic E-state index is 13.3. The summed E-state index contributed by atoms with van der Waals surface area (Å²) in [6.07, 6.45) is 0. The van der Waals surface area contributed by atoms with E-state index in [1.807, 2.05) is 6.92 Å². The first-order chi connectivity index (χ1) is 8.04. The second-order valence-corrected chi connectivity index (χ2v) is 3.77. The van der Waals surface area contributed by atoms with Crippen molar-refractivity contribution in [1.82, 2.24) is 10.2 Å². The van der Waals surface area contributed by atoms with Gasteiger partial charge in [-0.05, 0) is 24.7 Å². The lowest BCUT2D eigenvalue weighted by Crippen LogP contribution is -2.35. The summed E-state index contributed by atoms with van der Waals surface area (Å²) in [5.74, 6) is -1.17. The highest BCUT2D eigenvalue weighted by molar-refractivity contribution is 5.77. The molecule has 0 aliphatic rings. The van der Waals surface area contributed by atoms with Gasteiger partial charge in [-0.25, -0.2) is 8.78 Å². The monoisotopic (exact) mass is 242 g/mol. The Bertz CT molecular complexity index is 396. The third-order valence-electron chi connectivity index (χ3n) is 2.37. The van der Waals surface area contributed by atoms with E-state index < -0.39 is 11.6 Å². The van der Waals surface area contributed by atoms with Crippen LogP contribution in [-0.2, 0) is 11.3 Å². The van der Waals surface area contributed by atoms with Crippen LogP contribution in [0.5, 0.6) is 0 Å². The standard InChI is InChI=1S/C12H16F2N2O/c1-3-15-7-12(17)16(2)8-9-6-10(13)4-5-11(9)14/h4-6,15H,3,7-8H2,1-2H3. The number of nitrogens with zero attached hydrogens (tertiary/aromatic N) is 1. The fourth-order valence-corrected chi connectivity index (χ4v) is 1.38. The summed E-state index contributed by atoms with van der Waals surface area (Å²) in [5.41, 5.74) is 0.178. The second-order valence-electron chi connectivity index (χ2n) is 3.77. The van der Waals surface area contributed by atoms with Crippen LogP contribution in [0.3, 0.4) is 0 Å². The van der Waals surface area contributed by atoms with Gasteiger partial charge in [0.2, 0.25) is 5.91 Å². The van der Waals surface area contributed by atoms with Gasteiger partial charge in [0, 0.05) is 19.2 Å². The maximum Gasteiger partial charge on any atom is 0.236 e. The molecule has 0 aliphatic heterocycles. The van der Waals surface area contributed by atoms with E-state index in [1.54, 1.807) is 7.05 Å². The number of likely N-dealkylation sites (N-methyl/N-ethyl adjacent to an activating group) is 2. The van der Waals surface area contributed by atoms with E-state index in [9.17, 15) is 13.6 Å². The Morgan fingerprint density at radius 3 is 2.76 bits per heavy atom. The summed E-state index contributed by atoms with van der Waals surface area (Å²) in [4.78, 5) is 12.9. The van der Waals surface area contributed by atoms with E-state index in [0.717, 1.165) is 18.2 Å². The SMILES string of the molecule is CCNCC(=O)N(C)Cc1cc(F)ccc1F. The predicted molar refractivity (Wildman–Crippen MR) is 61.4 cm³/mol. The van der Waals surface area contributed by atoms with Gasteiger partial charge < -0.3 is 10.2 Å². The van der Waals surface area contributed by atoms with Crippen LogP contribution in [-0.4, -0.2) is 30.9 Å². The Morgan fingerprint density at radius 1 is 1.41 bits per heavy atom. The van der Waals surface area contributed by atoms with Gasteiger partial charge in [0.05, 0.1) is 6.54 Å². The Kier molecular flexibility index (Phi) is 5.03. The van der Waals surface area contributed by atoms with Crippen LogP contribution in [0, 0.1) is 11.6 Å². The summed E-state index contributed by atoms with van der Waals surface area (Å²) >= 11 is 0. The normalized spacial score (nSPS) is 10.4. The number of nitrogens with one attached hydrogen (secondary N) is 1. The van der Waals surface area contributed by atoms with E-state index in [-0.39, 0.29) is 24.6 Å². The lowest BCUT2D eigenvalue weighted by Gasteiger charge is -2.17. The van der Waals surface area contributed by atoms with Gasteiger partial charge in [-0.15, -0.1) is 0 Å². The van der Waals surface area contributed by atoms with Crippen molar-refractivity contribution in [2.75, 3.05) is 20.1 Å². The number of hydrogen-bond donors (Lipinski definition) is 1. The third-order valence-corrected chi connectivity index (χ3v) is 2.37. The Morgan fingerprint density at radius 2 is 2.12 bits per heavy atom. The number of rotatable bonds is 5. The molecule has 1 rings (SSSR count). The van der Waals surface area contributed by atoms with E-state index in [4.69, 9.17) is 0 Å². The van der Waals surface area contributed by atoms with Crippen LogP contribution in [0.4, 0.5) is 8.78 Å². The van der Waals surface area contributed by atoms with Gasteiger partial charge in [-0.1, -0.05) is 6.92 Å². The molecule has 1 N–H and O–H groups in total. The molecule has 0 aromatic heterocycles. The predicted octanol–water partition coefficient (Wildman–Crippen LogP) is 1.53. The Balaban J connectivity index is 2.64. The molecule has 1 amide bonds. The van der Waals surface area contributed by atoms with Crippen LogP contribution in [0.2, 0.25) is 0 Å². The summed E-state index contributed by atoms with van der Waals surface area (Å²) in [7, 11) is 1.56. The van der Waals surface area contributed by atoms with Crippen LogP contribution < -0.4 is 5.32 Å². The average Bonchev–Trinajstić information content (AvgIpc) is 2.30. The highest BCUT2D eigenvalue weighted by atomic mass is 19.1. The average molecular weight is 242 g/mol. The van der Waals surface area contributed by atoms with Crippen molar-refractivity contribution in [2.45, 2.75) is 13.5 Å². The molecule has 3 nitrogen and oxygen atoms in total. The molecule has 0 aliphatic carbocycles. The number of hydrogen-bond acceptors (Lipinski definition) is 2. The minimum absolute atomic E-state index is 0.0633. The van der Waals surface area contributed by atoms with E-state index in [2.05, 4.69) is 5.32 Å². The molecule has 0 unspecified atom stereocenters. The first-order valence-electron chi connectivity index (χ1n) is 5.43. The molecule has 94 valence electrons. The number of carbonyl (C=O) groups excluding carboxylic acids is 1. The first kappa shape index (κ1) is 13.6. The highest BCUT2D eigenvalue weighted by Gasteiger charge is 2.11. The van der Waals surface area contributed by atoms with E-state index >= 15 is 0 Å². The maximum absolute atomic E-state index is 13.3. The second kappa shape index (κ2) is 6.30. The lowest BCUT2D eigenvalue weighted by molar-refractivity contribution is -0.129. The molecule has 1 aromatic carbocycles. The molecule has 0 heterocycles. The molecule has 0 spiro atoms. The lowest BCUT2D eigenvalue weighted by atomic mass is 10.2. The van der Waals surface area contributed by atoms with Gasteiger partial charge in [0.15, 0.2) is 0 Å². The summed E-state index contributed by atoms with van der Waals surface area (Å²) in [5, 5.41) is 2.88. The summed E-state index contributed by atoms with van der Waals surface area (Å²) < 4.78 is 26.2. The van der Waals surface area contributed by atoms with Gasteiger partial charge >= 0.3 is 0 Å². The molecular weight excluding hydrogens is 226 g/mol. The molecule has 0 fully saturated rings. The number of carbonyl (C=O) groups is 1. The van der Waals surface area contributed by atoms with E-state index in [1.165, 1.54) is 4.90 Å². The van der Waals surface area contributed by atoms with Crippen molar-refractivity contribution in [3.8, 4) is 0 Å². The highest BCUT2D eigenvalue weighted by Crippen LogP contribution is 2.11. The fourth-order valence-electron chi connectivity index (χ4n) is 1.38. The largest absolute Gasteiger partial charge is 0.340 e. The minimum Gasteiger partial charge on any atom is -0.340 e. The first-order valence-corrected chi connectivity index (χ1v) is 5.43. The van der Waals surface area contributed by atoms with Crippen molar-refractivity contribution in [1.29, 1.82) is 0 Å². The summed E-state index contributed by atoms with van der Waals surface area (Å²) in [6.45, 7) is 2.84. The number of amides is 1. The minimum atomic E-state index is -0.506. The molecule has 1 aromatic rings. The van der Waals surface area contributed by atoms with Crippen molar-refractivity contribution in [2.24, 2.45) is 0 Å². The molecule has 0 bridgehead atoms. The van der Waals surface area contributed by atoms with Gasteiger partial charge in [0.1, 0.15) is 11.6 Å². The fraction of sp³-hybridized carbons (Fsp3) is 0.417. The number of benzene rings is 1. The Hall–Kier alpha value is -1.49. The molecule has 0 radical (unpaired) electrons. The summed E-state index contributed by atoms with van der Waals surface area (Å²) in [6, 6.07) is 3.22. The van der Waals surface area contributed by atoms with E-state index in [0.29, 0.717) is 6.54 Å². The van der Waals surface area contributed by atoms with Gasteiger partial charge in [0.25, 0.3) is 0 Å². The van der Waals surface area contributed by atoms with Gasteiger partial charge in [-0.2, -0.15) is 0 Å². The zero-order valence-electron chi connectivity index (χ0n) is 9.96. The Labute approximate surface area is 99.4 Å². The third kappa shape index (κ3) is 4.11. The van der Waals surface area contributed by atoms with Crippen molar-refractivity contribution in [3.63, 3.8) is 0 Å². The molecule has 0 saturated carbocycles. The quantitative estimate of drug-likeness (QED) is 0.849. The van der Waals surface area contributed by atoms with Crippen molar-refractivity contribution < 1.29 is 13.6 Å². The zero-order chi connectivity index (χ0) is 12.8. The number of halogens is 2. The van der Waals surface area contributed by atoms with Crippen LogP contribution >= 0.6 is 0 Å². The molecule has 17 heavy (non-hydrogen) atoms. The zero-order valence-corrected chi connectivity index (χ0v) is 9.96. The molecule has 0 atom stereocenters. The van der Waals surface area contributed by atoms with Crippen LogP contribution in [0.25, 0.3) is 0 Å². The smallest absolute Gasteiger partial charge is 0.236 e. The van der Waals surface area contributed by atoms with Crippen molar-refractivity contribution in [3.05, 3.63) is 35.4 Å². The molecule has 0 saturated heterocycles. The van der Waals surface area contributed by atoms with Crippen molar-refractivity contribution >= 4 is 5.91 Å². The molecule has 5 heteroatoms. The van der Waals surface area contributed by atoms with Crippen LogP contribution in [0.15, 0.2) is 18.2 Å². The molecular formula is C12H16F2N2O. The topological polar surface area (TPSA) is 32.3 Å². The van der Waals surface area contributed by atoms with Gasteiger partial charge in [-0.3, -0.25) is 4.79 Å². The van der Waals surface area contributed by atoms with Crippen LogP contribution in [0.1, 0.15) is 12.5 Å².